The van der Waals surface area contributed by atoms with E-state index >= 15 is 0 Å². The van der Waals surface area contributed by atoms with Crippen LogP contribution in [0.4, 0.5) is 23.9 Å². The number of aryl methyl sites for hydroxylation is 2. The maximum atomic E-state index is 14.4. The smallest absolute Gasteiger partial charge is 0.337 e. The number of hydrogen-bond acceptors (Lipinski definition) is 7. The Bertz CT molecular complexity index is 1340. The van der Waals surface area contributed by atoms with Crippen LogP contribution in [0.15, 0.2) is 29.5 Å². The monoisotopic (exact) mass is 486 g/mol. The Kier molecular flexibility index (Phi) is 5.51. The van der Waals surface area contributed by atoms with Gasteiger partial charge in [-0.15, -0.1) is 5.10 Å². The summed E-state index contributed by atoms with van der Waals surface area (Å²) in [6.07, 6.45) is 2.44. The Morgan fingerprint density at radius 2 is 1.77 bits per heavy atom. The lowest BCUT2D eigenvalue weighted by Gasteiger charge is -2.37. The van der Waals surface area contributed by atoms with Crippen LogP contribution >= 0.6 is 0 Å². The first-order chi connectivity index (χ1) is 17.2. The maximum Gasteiger partial charge on any atom is 0.341 e. The molecule has 0 saturated carbocycles. The van der Waals surface area contributed by atoms with E-state index in [-0.39, 0.29) is 36.8 Å². The van der Waals surface area contributed by atoms with Crippen LogP contribution in [-0.4, -0.2) is 73.1 Å². The average molecular weight is 486 g/mol. The van der Waals surface area contributed by atoms with Crippen molar-refractivity contribution < 1.29 is 19.3 Å². The number of piperazine rings is 1. The fourth-order valence-electron chi connectivity index (χ4n) is 4.09. The van der Waals surface area contributed by atoms with Crippen molar-refractivity contribution in [2.75, 3.05) is 31.1 Å². The van der Waals surface area contributed by atoms with Gasteiger partial charge in [-0.3, -0.25) is 0 Å². The van der Waals surface area contributed by atoms with Crippen LogP contribution in [-0.2, 0) is 0 Å². The van der Waals surface area contributed by atoms with Gasteiger partial charge in [0.15, 0.2) is 11.6 Å². The number of nitrogens with zero attached hydrogens (tertiary/aromatic N) is 9. The third kappa shape index (κ3) is 4.40. The van der Waals surface area contributed by atoms with Crippen molar-refractivity contribution >= 4 is 18.2 Å². The van der Waals surface area contributed by atoms with Crippen molar-refractivity contribution in [2.24, 2.45) is 5.10 Å². The van der Waals surface area contributed by atoms with Crippen molar-refractivity contribution in [3.05, 3.63) is 59.1 Å². The lowest BCUT2D eigenvalue weighted by atomic mass is 10.0. The van der Waals surface area contributed by atoms with Gasteiger partial charge in [0.1, 0.15) is 23.3 Å². The normalized spacial score (nSPS) is 20.5. The predicted molar refractivity (Wildman–Crippen MR) is 120 cm³/mol. The van der Waals surface area contributed by atoms with Gasteiger partial charge in [-0.2, -0.15) is 14.8 Å². The molecule has 13 heteroatoms. The van der Waals surface area contributed by atoms with Gasteiger partial charge in [0.2, 0.25) is 5.95 Å². The molecule has 1 fully saturated rings. The molecule has 0 radical (unpaired) electrons. The van der Waals surface area contributed by atoms with Gasteiger partial charge < -0.3 is 9.80 Å². The molecule has 182 valence electrons. The molecular weight excluding hydrogens is 463 g/mol. The average Bonchev–Trinajstić information content (AvgIpc) is 3.40. The molecule has 4 heterocycles. The molecule has 0 aliphatic carbocycles. The zero-order valence-corrected chi connectivity index (χ0v) is 19.0. The number of anilines is 1. The summed E-state index contributed by atoms with van der Waals surface area (Å²) < 4.78 is 52.1. The molecule has 5 rings (SSSR count). The SMILES string of the molecule is [2H]C1(c2cc(F)cc(F)c2)CC=NN1C(=O)N1CCN(c2ncc(F)c(-n3nc(C)nc3C)n2)CC1. The summed E-state index contributed by atoms with van der Waals surface area (Å²) >= 11 is 0. The molecule has 2 aromatic heterocycles. The van der Waals surface area contributed by atoms with Crippen LogP contribution < -0.4 is 4.90 Å². The Labute approximate surface area is 200 Å². The molecule has 1 unspecified atom stereocenters. The number of amides is 2. The summed E-state index contributed by atoms with van der Waals surface area (Å²) in [5, 5.41) is 9.15. The first-order valence-electron chi connectivity index (χ1n) is 11.4. The molecule has 1 saturated heterocycles. The summed E-state index contributed by atoms with van der Waals surface area (Å²) in [7, 11) is 0. The van der Waals surface area contributed by atoms with Crippen LogP contribution in [0.25, 0.3) is 5.82 Å². The molecule has 35 heavy (non-hydrogen) atoms. The number of carbonyl (C=O) groups excluding carboxylic acids is 1. The zero-order valence-electron chi connectivity index (χ0n) is 20.0. The third-order valence-electron chi connectivity index (χ3n) is 5.74. The highest BCUT2D eigenvalue weighted by molar-refractivity contribution is 5.78. The van der Waals surface area contributed by atoms with Crippen molar-refractivity contribution in [1.82, 2.24) is 34.6 Å². The Balaban J connectivity index is 1.31. The number of benzene rings is 1. The molecule has 1 atom stereocenters. The van der Waals surface area contributed by atoms with Gasteiger partial charge in [-0.05, 0) is 31.5 Å². The molecule has 10 nitrogen and oxygen atoms in total. The molecule has 0 N–H and O–H groups in total. The van der Waals surface area contributed by atoms with E-state index in [2.05, 4.69) is 25.2 Å². The van der Waals surface area contributed by atoms with E-state index in [1.54, 1.807) is 18.7 Å². The zero-order chi connectivity index (χ0) is 25.6. The fourth-order valence-corrected chi connectivity index (χ4v) is 4.09. The number of aromatic nitrogens is 5. The minimum atomic E-state index is -1.76. The third-order valence-corrected chi connectivity index (χ3v) is 5.74. The van der Waals surface area contributed by atoms with Crippen LogP contribution in [0.5, 0.6) is 0 Å². The van der Waals surface area contributed by atoms with Crippen LogP contribution in [0.2, 0.25) is 0 Å². The molecule has 3 aromatic rings. The summed E-state index contributed by atoms with van der Waals surface area (Å²) in [6.45, 7) is 4.55. The van der Waals surface area contributed by atoms with Gasteiger partial charge in [0.05, 0.1) is 13.6 Å². The van der Waals surface area contributed by atoms with Crippen LogP contribution in [0.3, 0.4) is 0 Å². The van der Waals surface area contributed by atoms with Crippen molar-refractivity contribution in [3.63, 3.8) is 0 Å². The highest BCUT2D eigenvalue weighted by Crippen LogP contribution is 2.30. The number of hydrogen-bond donors (Lipinski definition) is 0. The molecule has 0 spiro atoms. The Morgan fingerprint density at radius 1 is 1.06 bits per heavy atom. The summed E-state index contributed by atoms with van der Waals surface area (Å²) in [4.78, 5) is 29.1. The van der Waals surface area contributed by atoms with Crippen LogP contribution in [0.1, 0.15) is 31.0 Å². The molecular formula is C22H22F3N9O. The second kappa shape index (κ2) is 8.96. The minimum Gasteiger partial charge on any atom is -0.337 e. The van der Waals surface area contributed by atoms with E-state index in [1.165, 1.54) is 15.8 Å². The largest absolute Gasteiger partial charge is 0.341 e. The number of carbonyl (C=O) groups is 1. The maximum absolute atomic E-state index is 14.4. The first-order valence-corrected chi connectivity index (χ1v) is 10.9. The van der Waals surface area contributed by atoms with Gasteiger partial charge in [0, 0.05) is 44.9 Å². The van der Waals surface area contributed by atoms with Gasteiger partial charge in [0.25, 0.3) is 0 Å². The predicted octanol–water partition coefficient (Wildman–Crippen LogP) is 2.77. The number of rotatable bonds is 3. The Hall–Kier alpha value is -4.03. The second-order valence-corrected chi connectivity index (χ2v) is 8.14. The molecule has 2 aliphatic rings. The van der Waals surface area contributed by atoms with E-state index in [4.69, 9.17) is 1.37 Å². The lowest BCUT2D eigenvalue weighted by molar-refractivity contribution is 0.139. The molecule has 0 bridgehead atoms. The van der Waals surface area contributed by atoms with Gasteiger partial charge in [-0.1, -0.05) is 0 Å². The van der Waals surface area contributed by atoms with Crippen molar-refractivity contribution in [2.45, 2.75) is 26.3 Å². The van der Waals surface area contributed by atoms with E-state index < -0.39 is 29.5 Å². The van der Waals surface area contributed by atoms with Crippen molar-refractivity contribution in [3.8, 4) is 5.82 Å². The molecule has 1 aromatic carbocycles. The molecule has 2 amide bonds. The summed E-state index contributed by atoms with van der Waals surface area (Å²) in [5.74, 6) is -1.10. The fraction of sp³-hybridized carbons (Fsp3) is 0.364. The number of halogens is 3. The van der Waals surface area contributed by atoms with Crippen LogP contribution in [0, 0.1) is 31.3 Å². The minimum absolute atomic E-state index is 0.00429. The number of hydrazone groups is 1. The second-order valence-electron chi connectivity index (χ2n) is 8.14. The van der Waals surface area contributed by atoms with E-state index in [9.17, 15) is 18.0 Å². The highest BCUT2D eigenvalue weighted by atomic mass is 19.1. The quantitative estimate of drug-likeness (QED) is 0.565. The first kappa shape index (κ1) is 21.5. The van der Waals surface area contributed by atoms with E-state index in [1.807, 2.05) is 0 Å². The Morgan fingerprint density at radius 3 is 2.43 bits per heavy atom. The summed E-state index contributed by atoms with van der Waals surface area (Å²) in [5.41, 5.74) is -0.00429. The van der Waals surface area contributed by atoms with E-state index in [0.29, 0.717) is 30.8 Å². The standard InChI is InChI=1S/C22H22F3N9O/c1-13-28-14(2)33(30-13)20-18(25)12-26-21(29-20)31-5-7-32(8-6-31)22(35)34-19(3-4-27-34)15-9-16(23)11-17(24)10-15/h4,9-12,19H,3,5-8H2,1-2H3/i19D. The summed E-state index contributed by atoms with van der Waals surface area (Å²) in [6, 6.07) is 0.454. The van der Waals surface area contributed by atoms with Gasteiger partial charge >= 0.3 is 6.03 Å². The lowest BCUT2D eigenvalue weighted by Crippen LogP contribution is -2.52. The van der Waals surface area contributed by atoms with Crippen molar-refractivity contribution in [1.29, 1.82) is 0 Å². The molecule has 2 aliphatic heterocycles. The van der Waals surface area contributed by atoms with Gasteiger partial charge in [-0.25, -0.2) is 32.9 Å². The topological polar surface area (TPSA) is 95.6 Å². The highest BCUT2D eigenvalue weighted by Gasteiger charge is 2.34. The number of urea groups is 1. The van der Waals surface area contributed by atoms with E-state index in [0.717, 1.165) is 23.3 Å².